The van der Waals surface area contributed by atoms with Gasteiger partial charge < -0.3 is 19.8 Å². The third-order valence-corrected chi connectivity index (χ3v) is 2.53. The number of methoxy groups -OCH3 is 2. The van der Waals surface area contributed by atoms with E-state index in [9.17, 15) is 4.79 Å². The summed E-state index contributed by atoms with van der Waals surface area (Å²) in [6.07, 6.45) is 0. The Hall–Kier alpha value is -1.70. The Labute approximate surface area is 112 Å². The van der Waals surface area contributed by atoms with E-state index in [1.54, 1.807) is 37.3 Å². The topological polar surface area (TPSA) is 89.7 Å². The lowest BCUT2D eigenvalue weighted by Gasteiger charge is -2.21. The van der Waals surface area contributed by atoms with E-state index in [0.717, 1.165) is 0 Å². The second-order valence-corrected chi connectivity index (χ2v) is 3.83. The molecule has 1 heterocycles. The van der Waals surface area contributed by atoms with Crippen molar-refractivity contribution >= 4 is 11.7 Å². The number of amides is 1. The van der Waals surface area contributed by atoms with Gasteiger partial charge in [0.2, 0.25) is 0 Å². The summed E-state index contributed by atoms with van der Waals surface area (Å²) >= 11 is 0. The molecule has 0 saturated heterocycles. The van der Waals surface area contributed by atoms with Gasteiger partial charge in [-0.1, -0.05) is 6.07 Å². The van der Waals surface area contributed by atoms with E-state index in [2.05, 4.69) is 10.4 Å². The summed E-state index contributed by atoms with van der Waals surface area (Å²) in [6.45, 7) is 1.90. The molecular weight excluding hydrogens is 248 g/mol. The summed E-state index contributed by atoms with van der Waals surface area (Å²) in [6, 6.07) is 5.06. The third kappa shape index (κ3) is 4.82. The van der Waals surface area contributed by atoms with E-state index in [0.29, 0.717) is 37.8 Å². The normalized spacial score (nSPS) is 10.3. The number of hydrogen-bond donors (Lipinski definition) is 2. The number of hydrazine groups is 1. The molecule has 0 unspecified atom stereocenters. The first-order chi connectivity index (χ1) is 9.22. The Bertz CT molecular complexity index is 392. The molecule has 106 valence electrons. The molecule has 0 bridgehead atoms. The number of rotatable bonds is 8. The number of nitrogens with zero attached hydrogens (tertiary/aromatic N) is 2. The number of aromatic nitrogens is 1. The number of nitrogens with two attached hydrogens (primary N) is 1. The fourth-order valence-corrected chi connectivity index (χ4v) is 1.51. The molecule has 7 nitrogen and oxygen atoms in total. The first-order valence-electron chi connectivity index (χ1n) is 5.93. The lowest BCUT2D eigenvalue weighted by Crippen LogP contribution is -2.37. The van der Waals surface area contributed by atoms with Crippen LogP contribution < -0.4 is 11.3 Å². The Balaban J connectivity index is 2.77. The summed E-state index contributed by atoms with van der Waals surface area (Å²) in [5, 5.41) is 0. The number of pyridine rings is 1. The van der Waals surface area contributed by atoms with Gasteiger partial charge in [-0.15, -0.1) is 0 Å². The van der Waals surface area contributed by atoms with Crippen molar-refractivity contribution in [2.24, 2.45) is 5.84 Å². The van der Waals surface area contributed by atoms with E-state index in [1.165, 1.54) is 0 Å². The molecule has 0 saturated carbocycles. The van der Waals surface area contributed by atoms with Crippen molar-refractivity contribution in [2.45, 2.75) is 0 Å². The molecule has 1 rings (SSSR count). The SMILES string of the molecule is COCCN(CCOC)C(=O)c1cccc(NN)n1. The molecule has 0 aliphatic heterocycles. The highest BCUT2D eigenvalue weighted by Crippen LogP contribution is 2.06. The molecule has 0 spiro atoms. The molecule has 0 radical (unpaired) electrons. The van der Waals surface area contributed by atoms with Crippen LogP contribution in [0.15, 0.2) is 18.2 Å². The van der Waals surface area contributed by atoms with Crippen LogP contribution in [0.3, 0.4) is 0 Å². The zero-order valence-electron chi connectivity index (χ0n) is 11.3. The van der Waals surface area contributed by atoms with Gasteiger partial charge in [0.25, 0.3) is 5.91 Å². The second-order valence-electron chi connectivity index (χ2n) is 3.83. The maximum Gasteiger partial charge on any atom is 0.272 e. The van der Waals surface area contributed by atoms with Gasteiger partial charge in [0.05, 0.1) is 13.2 Å². The summed E-state index contributed by atoms with van der Waals surface area (Å²) in [4.78, 5) is 18.1. The fourth-order valence-electron chi connectivity index (χ4n) is 1.51. The average Bonchev–Trinajstić information content (AvgIpc) is 2.47. The minimum Gasteiger partial charge on any atom is -0.383 e. The Morgan fingerprint density at radius 2 is 1.95 bits per heavy atom. The van der Waals surface area contributed by atoms with Gasteiger partial charge >= 0.3 is 0 Å². The molecule has 0 fully saturated rings. The largest absolute Gasteiger partial charge is 0.383 e. The van der Waals surface area contributed by atoms with Crippen molar-refractivity contribution in [1.82, 2.24) is 9.88 Å². The van der Waals surface area contributed by atoms with Crippen molar-refractivity contribution in [3.05, 3.63) is 23.9 Å². The maximum absolute atomic E-state index is 12.3. The fraction of sp³-hybridized carbons (Fsp3) is 0.500. The molecule has 1 amide bonds. The van der Waals surface area contributed by atoms with Crippen molar-refractivity contribution < 1.29 is 14.3 Å². The molecule has 0 aromatic carbocycles. The van der Waals surface area contributed by atoms with Crippen LogP contribution in [-0.2, 0) is 9.47 Å². The van der Waals surface area contributed by atoms with Gasteiger partial charge in [0, 0.05) is 27.3 Å². The van der Waals surface area contributed by atoms with Gasteiger partial charge in [0.1, 0.15) is 11.5 Å². The summed E-state index contributed by atoms with van der Waals surface area (Å²) in [5.74, 6) is 5.55. The quantitative estimate of drug-likeness (QED) is 0.513. The smallest absolute Gasteiger partial charge is 0.272 e. The maximum atomic E-state index is 12.3. The number of nitrogen functional groups attached to an aromatic ring is 1. The van der Waals surface area contributed by atoms with Crippen molar-refractivity contribution in [2.75, 3.05) is 45.9 Å². The van der Waals surface area contributed by atoms with Crippen LogP contribution in [0.5, 0.6) is 0 Å². The van der Waals surface area contributed by atoms with Gasteiger partial charge in [-0.3, -0.25) is 4.79 Å². The highest BCUT2D eigenvalue weighted by Gasteiger charge is 2.16. The zero-order valence-corrected chi connectivity index (χ0v) is 11.3. The molecule has 0 atom stereocenters. The van der Waals surface area contributed by atoms with Gasteiger partial charge in [-0.2, -0.15) is 0 Å². The van der Waals surface area contributed by atoms with Crippen molar-refractivity contribution in [1.29, 1.82) is 0 Å². The minimum absolute atomic E-state index is 0.175. The molecule has 3 N–H and O–H groups in total. The van der Waals surface area contributed by atoms with Crippen LogP contribution in [0, 0.1) is 0 Å². The summed E-state index contributed by atoms with van der Waals surface area (Å²) < 4.78 is 9.99. The van der Waals surface area contributed by atoms with Gasteiger partial charge in [-0.25, -0.2) is 10.8 Å². The minimum atomic E-state index is -0.175. The third-order valence-electron chi connectivity index (χ3n) is 2.53. The van der Waals surface area contributed by atoms with Gasteiger partial charge in [-0.05, 0) is 12.1 Å². The van der Waals surface area contributed by atoms with Crippen molar-refractivity contribution in [3.63, 3.8) is 0 Å². The molecule has 19 heavy (non-hydrogen) atoms. The molecular formula is C12H20N4O3. The van der Waals surface area contributed by atoms with E-state index in [4.69, 9.17) is 15.3 Å². The van der Waals surface area contributed by atoms with Crippen LogP contribution >= 0.6 is 0 Å². The number of ether oxygens (including phenoxy) is 2. The lowest BCUT2D eigenvalue weighted by molar-refractivity contribution is 0.0622. The van der Waals surface area contributed by atoms with Crippen LogP contribution in [-0.4, -0.2) is 56.3 Å². The zero-order chi connectivity index (χ0) is 14.1. The van der Waals surface area contributed by atoms with Crippen molar-refractivity contribution in [3.8, 4) is 0 Å². The summed E-state index contributed by atoms with van der Waals surface area (Å²) in [7, 11) is 3.19. The van der Waals surface area contributed by atoms with Gasteiger partial charge in [0.15, 0.2) is 0 Å². The van der Waals surface area contributed by atoms with Crippen LogP contribution in [0.25, 0.3) is 0 Å². The Morgan fingerprint density at radius 3 is 2.47 bits per heavy atom. The van der Waals surface area contributed by atoms with E-state index in [1.807, 2.05) is 0 Å². The summed E-state index contributed by atoms with van der Waals surface area (Å²) in [5.41, 5.74) is 2.75. The number of anilines is 1. The predicted octanol–water partition coefficient (Wildman–Crippen LogP) is 0.102. The first-order valence-corrected chi connectivity index (χ1v) is 5.93. The Kier molecular flexibility index (Phi) is 6.80. The molecule has 1 aromatic heterocycles. The van der Waals surface area contributed by atoms with E-state index >= 15 is 0 Å². The molecule has 1 aromatic rings. The number of carbonyl (C=O) groups excluding carboxylic acids is 1. The van der Waals surface area contributed by atoms with Crippen LogP contribution in [0.1, 0.15) is 10.5 Å². The van der Waals surface area contributed by atoms with Crippen LogP contribution in [0.2, 0.25) is 0 Å². The average molecular weight is 268 g/mol. The second kappa shape index (κ2) is 8.41. The first kappa shape index (κ1) is 15.4. The molecule has 0 aliphatic rings. The van der Waals surface area contributed by atoms with E-state index < -0.39 is 0 Å². The molecule has 7 heteroatoms. The predicted molar refractivity (Wildman–Crippen MR) is 71.7 cm³/mol. The number of nitrogens with one attached hydrogen (secondary N) is 1. The standard InChI is InChI=1S/C12H20N4O3/c1-18-8-6-16(7-9-19-2)12(17)10-4-3-5-11(14-10)15-13/h3-5H,6-9,13H2,1-2H3,(H,14,15). The lowest BCUT2D eigenvalue weighted by atomic mass is 10.3. The highest BCUT2D eigenvalue weighted by atomic mass is 16.5. The van der Waals surface area contributed by atoms with E-state index in [-0.39, 0.29) is 5.91 Å². The highest BCUT2D eigenvalue weighted by molar-refractivity contribution is 5.92. The number of carbonyl (C=O) groups is 1. The Morgan fingerprint density at radius 1 is 1.32 bits per heavy atom. The van der Waals surface area contributed by atoms with Crippen LogP contribution in [0.4, 0.5) is 5.82 Å². The monoisotopic (exact) mass is 268 g/mol. The molecule has 0 aliphatic carbocycles. The number of hydrogen-bond acceptors (Lipinski definition) is 6.